The van der Waals surface area contributed by atoms with Gasteiger partial charge in [0, 0.05) is 16.8 Å². The summed E-state index contributed by atoms with van der Waals surface area (Å²) in [4.78, 5) is 4.75. The monoisotopic (exact) mass is 304 g/mol. The number of nitrogens with zero attached hydrogens (tertiary/aromatic N) is 1. The van der Waals surface area contributed by atoms with Gasteiger partial charge >= 0.3 is 0 Å². The lowest BCUT2D eigenvalue weighted by Crippen LogP contribution is -2.22. The molecule has 1 aromatic carbocycles. The molecule has 0 bridgehead atoms. The molecule has 114 valence electrons. The Morgan fingerprint density at radius 2 is 1.90 bits per heavy atom. The normalized spacial score (nSPS) is 14.9. The summed E-state index contributed by atoms with van der Waals surface area (Å²) in [5, 5.41) is 16.4. The number of rotatable bonds is 4. The van der Waals surface area contributed by atoms with Crippen molar-refractivity contribution in [3.05, 3.63) is 45.9 Å². The van der Waals surface area contributed by atoms with Crippen LogP contribution in [0.2, 0.25) is 0 Å². The average molecular weight is 304 g/mol. The van der Waals surface area contributed by atoms with Crippen LogP contribution in [0.15, 0.2) is 29.6 Å². The second-order valence-electron chi connectivity index (χ2n) is 6.53. The van der Waals surface area contributed by atoms with Gasteiger partial charge in [0.1, 0.15) is 10.8 Å². The number of aromatic nitrogens is 1. The van der Waals surface area contributed by atoms with Crippen LogP contribution >= 0.6 is 11.3 Å². The van der Waals surface area contributed by atoms with Gasteiger partial charge < -0.3 is 10.4 Å². The molecule has 1 heterocycles. The van der Waals surface area contributed by atoms with Crippen LogP contribution in [0.3, 0.4) is 0 Å². The Balaban J connectivity index is 2.07. The third kappa shape index (κ3) is 4.05. The summed E-state index contributed by atoms with van der Waals surface area (Å²) in [6, 6.07) is 7.72. The Morgan fingerprint density at radius 3 is 2.48 bits per heavy atom. The zero-order valence-corrected chi connectivity index (χ0v) is 14.2. The van der Waals surface area contributed by atoms with Crippen molar-refractivity contribution in [3.63, 3.8) is 0 Å². The third-order valence-corrected chi connectivity index (χ3v) is 4.56. The van der Waals surface area contributed by atoms with Gasteiger partial charge in [0.2, 0.25) is 0 Å². The van der Waals surface area contributed by atoms with Gasteiger partial charge in [0.05, 0.1) is 11.7 Å². The quantitative estimate of drug-likeness (QED) is 0.870. The molecule has 21 heavy (non-hydrogen) atoms. The maximum atomic E-state index is 9.57. The van der Waals surface area contributed by atoms with Crippen LogP contribution in [-0.4, -0.2) is 10.1 Å². The molecule has 2 aromatic rings. The van der Waals surface area contributed by atoms with E-state index in [0.717, 1.165) is 16.3 Å². The lowest BCUT2D eigenvalue weighted by Gasteiger charge is -2.19. The van der Waals surface area contributed by atoms with Gasteiger partial charge in [0.15, 0.2) is 0 Å². The highest BCUT2D eigenvalue weighted by molar-refractivity contribution is 7.09. The molecule has 3 nitrogen and oxygen atoms in total. The van der Waals surface area contributed by atoms with Crippen molar-refractivity contribution in [3.8, 4) is 5.75 Å². The molecule has 1 aromatic heterocycles. The van der Waals surface area contributed by atoms with Crippen LogP contribution in [-0.2, 0) is 5.41 Å². The molecule has 2 N–H and O–H groups in total. The van der Waals surface area contributed by atoms with Crippen molar-refractivity contribution >= 4 is 11.3 Å². The van der Waals surface area contributed by atoms with E-state index < -0.39 is 0 Å². The SMILES string of the molecule is CC(NC(C)c1nc(C(C)(C)C)cs1)c1cccc(O)c1. The molecule has 0 saturated carbocycles. The van der Waals surface area contributed by atoms with Crippen LogP contribution in [0, 0.1) is 0 Å². The number of benzene rings is 1. The van der Waals surface area contributed by atoms with Crippen LogP contribution in [0.5, 0.6) is 5.75 Å². The van der Waals surface area contributed by atoms with Crippen molar-refractivity contribution in [2.45, 2.75) is 52.1 Å². The highest BCUT2D eigenvalue weighted by Crippen LogP contribution is 2.28. The highest BCUT2D eigenvalue weighted by Gasteiger charge is 2.20. The Hall–Kier alpha value is -1.39. The average Bonchev–Trinajstić information content (AvgIpc) is 2.88. The maximum Gasteiger partial charge on any atom is 0.115 e. The number of phenols is 1. The minimum atomic E-state index is 0.0886. The van der Waals surface area contributed by atoms with Crippen molar-refractivity contribution < 1.29 is 5.11 Å². The molecular formula is C17H24N2OS. The first-order chi connectivity index (χ1) is 9.77. The van der Waals surface area contributed by atoms with E-state index in [9.17, 15) is 5.11 Å². The van der Waals surface area contributed by atoms with E-state index in [1.54, 1.807) is 23.5 Å². The first kappa shape index (κ1) is 16.0. The minimum Gasteiger partial charge on any atom is -0.508 e. The largest absolute Gasteiger partial charge is 0.508 e. The number of aromatic hydroxyl groups is 1. The predicted octanol–water partition coefficient (Wildman–Crippen LogP) is 4.56. The number of hydrogen-bond donors (Lipinski definition) is 2. The Kier molecular flexibility index (Phi) is 4.69. The van der Waals surface area contributed by atoms with Crippen molar-refractivity contribution in [1.82, 2.24) is 10.3 Å². The summed E-state index contributed by atoms with van der Waals surface area (Å²) < 4.78 is 0. The van der Waals surface area contributed by atoms with Gasteiger partial charge in [-0.05, 0) is 31.5 Å². The zero-order chi connectivity index (χ0) is 15.6. The fraction of sp³-hybridized carbons (Fsp3) is 0.471. The molecular weight excluding hydrogens is 280 g/mol. The number of phenolic OH excluding ortho intramolecular Hbond substituents is 1. The van der Waals surface area contributed by atoms with Gasteiger partial charge in [-0.25, -0.2) is 4.98 Å². The second-order valence-corrected chi connectivity index (χ2v) is 7.42. The van der Waals surface area contributed by atoms with E-state index >= 15 is 0 Å². The van der Waals surface area contributed by atoms with E-state index in [2.05, 4.69) is 45.3 Å². The van der Waals surface area contributed by atoms with Crippen molar-refractivity contribution in [2.24, 2.45) is 0 Å². The molecule has 0 radical (unpaired) electrons. The fourth-order valence-electron chi connectivity index (χ4n) is 2.17. The fourth-order valence-corrected chi connectivity index (χ4v) is 3.23. The topological polar surface area (TPSA) is 45.2 Å². The lowest BCUT2D eigenvalue weighted by atomic mass is 9.93. The van der Waals surface area contributed by atoms with Crippen LogP contribution in [0.4, 0.5) is 0 Å². The van der Waals surface area contributed by atoms with Gasteiger partial charge in [0.25, 0.3) is 0 Å². The summed E-state index contributed by atoms with van der Waals surface area (Å²) in [7, 11) is 0. The van der Waals surface area contributed by atoms with Gasteiger partial charge in [-0.2, -0.15) is 0 Å². The molecule has 0 saturated heterocycles. The van der Waals surface area contributed by atoms with E-state index in [-0.39, 0.29) is 17.5 Å². The summed E-state index contributed by atoms with van der Waals surface area (Å²) in [5.74, 6) is 0.304. The summed E-state index contributed by atoms with van der Waals surface area (Å²) >= 11 is 1.70. The van der Waals surface area contributed by atoms with Gasteiger partial charge in [-0.3, -0.25) is 0 Å². The standard InChI is InChI=1S/C17H24N2OS/c1-11(13-7-6-8-14(20)9-13)18-12(2)16-19-15(10-21-16)17(3,4)5/h6-12,18,20H,1-5H3. The van der Waals surface area contributed by atoms with Crippen molar-refractivity contribution in [2.75, 3.05) is 0 Å². The smallest absolute Gasteiger partial charge is 0.115 e. The van der Waals surface area contributed by atoms with Gasteiger partial charge in [-0.1, -0.05) is 32.9 Å². The Bertz CT molecular complexity index is 601. The molecule has 0 fully saturated rings. The van der Waals surface area contributed by atoms with Crippen LogP contribution in [0.25, 0.3) is 0 Å². The summed E-state index contributed by atoms with van der Waals surface area (Å²) in [6.07, 6.45) is 0. The number of thiazole rings is 1. The first-order valence-electron chi connectivity index (χ1n) is 7.28. The maximum absolute atomic E-state index is 9.57. The van der Waals surface area contributed by atoms with Crippen LogP contribution in [0.1, 0.15) is 63.0 Å². The highest BCUT2D eigenvalue weighted by atomic mass is 32.1. The number of nitrogens with one attached hydrogen (secondary N) is 1. The lowest BCUT2D eigenvalue weighted by molar-refractivity contribution is 0.465. The molecule has 0 aliphatic heterocycles. The van der Waals surface area contributed by atoms with E-state index in [0.29, 0.717) is 5.75 Å². The molecule has 4 heteroatoms. The Labute approximate surface area is 131 Å². The Morgan fingerprint density at radius 1 is 1.19 bits per heavy atom. The predicted molar refractivity (Wildman–Crippen MR) is 88.9 cm³/mol. The zero-order valence-electron chi connectivity index (χ0n) is 13.3. The molecule has 0 aliphatic carbocycles. The molecule has 2 rings (SSSR count). The molecule has 2 atom stereocenters. The second kappa shape index (κ2) is 6.16. The van der Waals surface area contributed by atoms with E-state index in [1.165, 1.54) is 0 Å². The van der Waals surface area contributed by atoms with Crippen molar-refractivity contribution in [1.29, 1.82) is 0 Å². The van der Waals surface area contributed by atoms with E-state index in [1.807, 2.05) is 12.1 Å². The molecule has 0 amide bonds. The summed E-state index contributed by atoms with van der Waals surface area (Å²) in [6.45, 7) is 10.8. The van der Waals surface area contributed by atoms with Gasteiger partial charge in [-0.15, -0.1) is 11.3 Å². The van der Waals surface area contributed by atoms with Crippen LogP contribution < -0.4 is 5.32 Å². The molecule has 0 spiro atoms. The first-order valence-corrected chi connectivity index (χ1v) is 8.16. The molecule has 0 aliphatic rings. The van der Waals surface area contributed by atoms with E-state index in [4.69, 9.17) is 4.98 Å². The minimum absolute atomic E-state index is 0.0886. The number of hydrogen-bond acceptors (Lipinski definition) is 4. The molecule has 2 unspecified atom stereocenters. The third-order valence-electron chi connectivity index (χ3n) is 3.53. The summed E-state index contributed by atoms with van der Waals surface area (Å²) in [5.41, 5.74) is 2.31.